The van der Waals surface area contributed by atoms with Crippen molar-refractivity contribution in [3.63, 3.8) is 0 Å². The standard InChI is InChI=1S/C33H29ClF2N8O2S/c34-24-22(18-5-6-20(35)28-21(18)19(14-37)30(39)47-28)25(36)26-23-27(24)45-13-12-43(15-17-4-1-9-40-29(17)38)31(23)42-32(41-26)46-16-33-7-2-10-44(33)11-3-8-33/h1,4-6,9H,2-3,7-8,10-13,15-16,39H2,(H2,38,40). The van der Waals surface area contributed by atoms with Gasteiger partial charge in [-0.05, 0) is 56.5 Å². The summed E-state index contributed by atoms with van der Waals surface area (Å²) < 4.78 is 44.8. The topological polar surface area (TPSA) is 139 Å². The summed E-state index contributed by atoms with van der Waals surface area (Å²) in [7, 11) is 0. The minimum absolute atomic E-state index is 0.0200. The van der Waals surface area contributed by atoms with Crippen molar-refractivity contribution >= 4 is 60.6 Å². The number of anilines is 3. The van der Waals surface area contributed by atoms with Crippen LogP contribution >= 0.6 is 22.9 Å². The van der Waals surface area contributed by atoms with E-state index >= 15 is 4.39 Å². The molecule has 0 saturated carbocycles. The molecular weight excluding hydrogens is 646 g/mol. The third-order valence-corrected chi connectivity index (χ3v) is 11.0. The van der Waals surface area contributed by atoms with E-state index in [0.29, 0.717) is 31.3 Å². The zero-order chi connectivity index (χ0) is 32.4. The zero-order valence-corrected chi connectivity index (χ0v) is 26.7. The first-order valence-electron chi connectivity index (χ1n) is 15.4. The Bertz CT molecular complexity index is 2130. The van der Waals surface area contributed by atoms with Gasteiger partial charge in [0.2, 0.25) is 0 Å². The minimum Gasteiger partial charge on any atom is -0.489 e. The number of nitriles is 1. The molecule has 0 atom stereocenters. The van der Waals surface area contributed by atoms with Gasteiger partial charge in [-0.1, -0.05) is 23.7 Å². The number of fused-ring (bicyclic) bond motifs is 2. The van der Waals surface area contributed by atoms with E-state index in [4.69, 9.17) is 37.5 Å². The summed E-state index contributed by atoms with van der Waals surface area (Å²) >= 11 is 7.94. The number of benzene rings is 2. The average molecular weight is 675 g/mol. The molecule has 2 aromatic carbocycles. The van der Waals surface area contributed by atoms with Gasteiger partial charge >= 0.3 is 6.01 Å². The van der Waals surface area contributed by atoms with Crippen LogP contribution in [-0.4, -0.2) is 58.2 Å². The van der Waals surface area contributed by atoms with Crippen molar-refractivity contribution < 1.29 is 18.3 Å². The Morgan fingerprint density at radius 1 is 1.11 bits per heavy atom. The molecule has 2 saturated heterocycles. The second-order valence-corrected chi connectivity index (χ2v) is 13.6. The molecule has 0 radical (unpaired) electrons. The molecule has 0 spiro atoms. The van der Waals surface area contributed by atoms with E-state index in [1.807, 2.05) is 17.0 Å². The van der Waals surface area contributed by atoms with Gasteiger partial charge in [0.15, 0.2) is 11.6 Å². The van der Waals surface area contributed by atoms with Crippen molar-refractivity contribution in [2.24, 2.45) is 0 Å². The quantitative estimate of drug-likeness (QED) is 0.212. The fraction of sp³-hybridized carbons (Fsp3) is 0.333. The van der Waals surface area contributed by atoms with Crippen molar-refractivity contribution in [2.75, 3.05) is 49.2 Å². The van der Waals surface area contributed by atoms with E-state index in [1.165, 1.54) is 12.1 Å². The highest BCUT2D eigenvalue weighted by Crippen LogP contribution is 2.51. The number of halogens is 3. The summed E-state index contributed by atoms with van der Waals surface area (Å²) in [6.07, 6.45) is 5.82. The number of hydrogen-bond acceptors (Lipinski definition) is 11. The molecule has 5 aromatic rings. The Hall–Kier alpha value is -4.51. The van der Waals surface area contributed by atoms with Gasteiger partial charge in [0.1, 0.15) is 47.3 Å². The smallest absolute Gasteiger partial charge is 0.319 e. The number of aromatic nitrogens is 3. The van der Waals surface area contributed by atoms with Crippen molar-refractivity contribution in [3.8, 4) is 29.0 Å². The van der Waals surface area contributed by atoms with Gasteiger partial charge in [-0.2, -0.15) is 15.2 Å². The van der Waals surface area contributed by atoms with E-state index in [-0.39, 0.29) is 71.6 Å². The number of nitrogens with two attached hydrogens (primary N) is 2. The molecule has 0 bridgehead atoms. The molecule has 240 valence electrons. The number of nitrogen functional groups attached to an aromatic ring is 2. The number of ether oxygens (including phenoxy) is 2. The van der Waals surface area contributed by atoms with Crippen LogP contribution in [0.25, 0.3) is 32.1 Å². The van der Waals surface area contributed by atoms with Gasteiger partial charge in [0.25, 0.3) is 0 Å². The summed E-state index contributed by atoms with van der Waals surface area (Å²) in [5, 5.41) is 10.4. The van der Waals surface area contributed by atoms with Gasteiger partial charge in [-0.25, -0.2) is 13.8 Å². The van der Waals surface area contributed by atoms with Crippen LogP contribution in [0.3, 0.4) is 0 Å². The van der Waals surface area contributed by atoms with Crippen LogP contribution in [0.15, 0.2) is 30.5 Å². The van der Waals surface area contributed by atoms with Crippen molar-refractivity contribution in [1.82, 2.24) is 19.9 Å². The summed E-state index contributed by atoms with van der Waals surface area (Å²) in [6, 6.07) is 8.34. The van der Waals surface area contributed by atoms with E-state index in [9.17, 15) is 9.65 Å². The van der Waals surface area contributed by atoms with Crippen molar-refractivity contribution in [3.05, 3.63) is 58.2 Å². The lowest BCUT2D eigenvalue weighted by Crippen LogP contribution is -2.43. The van der Waals surface area contributed by atoms with Crippen molar-refractivity contribution in [1.29, 1.82) is 5.26 Å². The summed E-state index contributed by atoms with van der Waals surface area (Å²) in [4.78, 5) is 18.1. The third-order valence-electron chi connectivity index (χ3n) is 9.62. The van der Waals surface area contributed by atoms with E-state index in [0.717, 1.165) is 55.7 Å². The van der Waals surface area contributed by atoms with Crippen LogP contribution in [0.4, 0.5) is 25.4 Å². The lowest BCUT2D eigenvalue weighted by atomic mass is 9.95. The number of rotatable bonds is 6. The maximum atomic E-state index is 17.1. The van der Waals surface area contributed by atoms with Gasteiger partial charge in [0, 0.05) is 29.3 Å². The largest absolute Gasteiger partial charge is 0.489 e. The fourth-order valence-electron chi connectivity index (χ4n) is 7.38. The fourth-order valence-corrected chi connectivity index (χ4v) is 8.66. The first kappa shape index (κ1) is 29.9. The second-order valence-electron chi connectivity index (χ2n) is 12.2. The molecule has 47 heavy (non-hydrogen) atoms. The normalized spacial score (nSPS) is 17.1. The van der Waals surface area contributed by atoms with E-state index in [1.54, 1.807) is 12.3 Å². The van der Waals surface area contributed by atoms with Crippen LogP contribution in [-0.2, 0) is 6.54 Å². The maximum Gasteiger partial charge on any atom is 0.319 e. The Kier molecular flexibility index (Phi) is 7.20. The average Bonchev–Trinajstić information content (AvgIpc) is 3.71. The summed E-state index contributed by atoms with van der Waals surface area (Å²) in [5.74, 6) is -0.438. The summed E-state index contributed by atoms with van der Waals surface area (Å²) in [6.45, 7) is 3.27. The van der Waals surface area contributed by atoms with Crippen LogP contribution in [0.2, 0.25) is 5.02 Å². The summed E-state index contributed by atoms with van der Waals surface area (Å²) in [5.41, 5.74) is 13.1. The molecule has 4 N–H and O–H groups in total. The Morgan fingerprint density at radius 3 is 2.68 bits per heavy atom. The molecule has 14 heteroatoms. The van der Waals surface area contributed by atoms with Crippen LogP contribution in [0.5, 0.6) is 11.8 Å². The monoisotopic (exact) mass is 674 g/mol. The third kappa shape index (κ3) is 4.69. The predicted octanol–water partition coefficient (Wildman–Crippen LogP) is 6.28. The molecule has 0 amide bonds. The number of pyridine rings is 1. The molecule has 3 aromatic heterocycles. The molecule has 3 aliphatic rings. The lowest BCUT2D eigenvalue weighted by molar-refractivity contribution is 0.108. The number of nitrogens with zero attached hydrogens (tertiary/aromatic N) is 6. The van der Waals surface area contributed by atoms with Crippen LogP contribution in [0, 0.1) is 23.0 Å². The van der Waals surface area contributed by atoms with Crippen molar-refractivity contribution in [2.45, 2.75) is 37.8 Å². The molecule has 8 rings (SSSR count). The van der Waals surface area contributed by atoms with Gasteiger partial charge in [-0.3, -0.25) is 4.90 Å². The van der Waals surface area contributed by atoms with Gasteiger partial charge < -0.3 is 25.8 Å². The molecule has 3 aliphatic heterocycles. The van der Waals surface area contributed by atoms with Gasteiger partial charge in [-0.15, -0.1) is 11.3 Å². The minimum atomic E-state index is -0.781. The first-order chi connectivity index (χ1) is 22.8. The molecule has 0 unspecified atom stereocenters. The Balaban J connectivity index is 1.35. The van der Waals surface area contributed by atoms with Crippen LogP contribution < -0.4 is 25.8 Å². The molecule has 2 fully saturated rings. The highest BCUT2D eigenvalue weighted by molar-refractivity contribution is 7.23. The zero-order valence-electron chi connectivity index (χ0n) is 25.2. The molecular formula is C33H29ClF2N8O2S. The van der Waals surface area contributed by atoms with Gasteiger partial charge in [0.05, 0.1) is 32.8 Å². The highest BCUT2D eigenvalue weighted by Gasteiger charge is 2.45. The molecule has 6 heterocycles. The number of thiophene rings is 1. The number of hydrogen-bond donors (Lipinski definition) is 2. The van der Waals surface area contributed by atoms with E-state index < -0.39 is 11.6 Å². The maximum absolute atomic E-state index is 17.1. The Labute approximate surface area is 277 Å². The second kappa shape index (κ2) is 11.3. The van der Waals surface area contributed by atoms with E-state index in [2.05, 4.69) is 14.9 Å². The molecule has 0 aliphatic carbocycles. The van der Waals surface area contributed by atoms with Crippen LogP contribution in [0.1, 0.15) is 36.8 Å². The predicted molar refractivity (Wildman–Crippen MR) is 178 cm³/mol. The first-order valence-corrected chi connectivity index (χ1v) is 16.6. The highest BCUT2D eigenvalue weighted by atomic mass is 35.5. The SMILES string of the molecule is N#Cc1c(N)sc2c(F)ccc(-c3c(Cl)c4c5c(nc(OCC67CCCN6CCC7)nc5c3F)N(Cc3cccnc3N)CCO4)c12. The lowest BCUT2D eigenvalue weighted by Gasteiger charge is -2.31. The molecule has 10 nitrogen and oxygen atoms in total. The Morgan fingerprint density at radius 2 is 1.91 bits per heavy atom.